The second-order valence-electron chi connectivity index (χ2n) is 4.92. The van der Waals surface area contributed by atoms with Crippen molar-refractivity contribution in [2.45, 2.75) is 32.5 Å². The Hall–Kier alpha value is -1.10. The average molecular weight is 297 g/mol. The predicted octanol–water partition coefficient (Wildman–Crippen LogP) is 2.59. The molecule has 1 aliphatic rings. The van der Waals surface area contributed by atoms with Crippen LogP contribution in [-0.4, -0.2) is 36.6 Å². The molecule has 2 atom stereocenters. The maximum absolute atomic E-state index is 12.2. The smallest absolute Gasteiger partial charge is 0.241 e. The first-order chi connectivity index (χ1) is 9.63. The minimum absolute atomic E-state index is 0.0728. The largest absolute Gasteiger partial charge is 0.382 e. The quantitative estimate of drug-likeness (QED) is 0.821. The lowest BCUT2D eigenvalue weighted by Crippen LogP contribution is -2.32. The molecule has 1 heterocycles. The summed E-state index contributed by atoms with van der Waals surface area (Å²) in [4.78, 5) is 14.1. The van der Waals surface area contributed by atoms with Crippen molar-refractivity contribution in [2.24, 2.45) is 0 Å². The van der Waals surface area contributed by atoms with E-state index in [-0.39, 0.29) is 18.1 Å². The van der Waals surface area contributed by atoms with E-state index in [0.717, 1.165) is 12.0 Å². The Morgan fingerprint density at radius 1 is 1.35 bits per heavy atom. The van der Waals surface area contributed by atoms with Crippen LogP contribution in [0.3, 0.4) is 0 Å². The first-order valence-corrected chi connectivity index (χ1v) is 7.41. The van der Waals surface area contributed by atoms with E-state index in [0.29, 0.717) is 24.8 Å². The highest BCUT2D eigenvalue weighted by molar-refractivity contribution is 6.30. The van der Waals surface area contributed by atoms with Crippen LogP contribution in [0.5, 0.6) is 0 Å². The zero-order valence-electron chi connectivity index (χ0n) is 11.9. The number of nitrogens with one attached hydrogen (secondary N) is 1. The molecule has 1 amide bonds. The van der Waals surface area contributed by atoms with Crippen LogP contribution >= 0.6 is 11.6 Å². The molecule has 110 valence electrons. The zero-order valence-corrected chi connectivity index (χ0v) is 12.7. The fourth-order valence-corrected chi connectivity index (χ4v) is 2.54. The summed E-state index contributed by atoms with van der Waals surface area (Å²) in [6, 6.07) is 7.47. The van der Waals surface area contributed by atoms with Crippen molar-refractivity contribution in [3.05, 3.63) is 34.9 Å². The molecule has 0 aliphatic carbocycles. The number of amides is 1. The average Bonchev–Trinajstić information content (AvgIpc) is 2.72. The molecule has 5 heteroatoms. The molecule has 20 heavy (non-hydrogen) atoms. The van der Waals surface area contributed by atoms with Crippen LogP contribution in [0.1, 0.15) is 32.0 Å². The number of hydrogen-bond acceptors (Lipinski definition) is 3. The van der Waals surface area contributed by atoms with Gasteiger partial charge in [0.2, 0.25) is 5.91 Å². The molecular weight excluding hydrogens is 276 g/mol. The van der Waals surface area contributed by atoms with E-state index in [1.807, 2.05) is 43.0 Å². The summed E-state index contributed by atoms with van der Waals surface area (Å²) in [7, 11) is 0. The summed E-state index contributed by atoms with van der Waals surface area (Å²) in [5, 5.41) is 4.03. The Bertz CT molecular complexity index is 450. The van der Waals surface area contributed by atoms with Gasteiger partial charge in [-0.3, -0.25) is 10.1 Å². The van der Waals surface area contributed by atoms with Gasteiger partial charge in [-0.25, -0.2) is 0 Å². The summed E-state index contributed by atoms with van der Waals surface area (Å²) in [5.74, 6) is 0.140. The Balaban J connectivity index is 2.05. The zero-order chi connectivity index (χ0) is 14.5. The molecule has 1 fully saturated rings. The number of rotatable bonds is 6. The van der Waals surface area contributed by atoms with Crippen molar-refractivity contribution in [3.8, 4) is 0 Å². The molecule has 1 N–H and O–H groups in total. The molecule has 0 saturated carbocycles. The molecule has 2 unspecified atom stereocenters. The second-order valence-corrected chi connectivity index (χ2v) is 5.36. The molecule has 0 bridgehead atoms. The Morgan fingerprint density at radius 3 is 2.70 bits per heavy atom. The maximum Gasteiger partial charge on any atom is 0.241 e. The number of ether oxygens (including phenoxy) is 1. The van der Waals surface area contributed by atoms with Crippen molar-refractivity contribution in [1.82, 2.24) is 10.2 Å². The van der Waals surface area contributed by atoms with Crippen LogP contribution in [0.4, 0.5) is 0 Å². The van der Waals surface area contributed by atoms with Gasteiger partial charge in [0.15, 0.2) is 0 Å². The highest BCUT2D eigenvalue weighted by Gasteiger charge is 2.36. The Kier molecular flexibility index (Phi) is 5.40. The van der Waals surface area contributed by atoms with Crippen LogP contribution in [0.2, 0.25) is 5.02 Å². The van der Waals surface area contributed by atoms with Crippen molar-refractivity contribution in [2.75, 3.05) is 19.8 Å². The minimum Gasteiger partial charge on any atom is -0.382 e. The number of hydrogen-bond donors (Lipinski definition) is 1. The van der Waals surface area contributed by atoms with Gasteiger partial charge in [-0.2, -0.15) is 0 Å². The van der Waals surface area contributed by atoms with Gasteiger partial charge < -0.3 is 9.64 Å². The highest BCUT2D eigenvalue weighted by atomic mass is 35.5. The number of carbonyl (C=O) groups excluding carboxylic acids is 1. The molecule has 1 aromatic rings. The molecule has 1 aromatic carbocycles. The second kappa shape index (κ2) is 7.07. The van der Waals surface area contributed by atoms with Gasteiger partial charge in [-0.15, -0.1) is 0 Å². The van der Waals surface area contributed by atoms with E-state index in [4.69, 9.17) is 16.3 Å². The molecule has 0 aromatic heterocycles. The summed E-state index contributed by atoms with van der Waals surface area (Å²) in [5.41, 5.74) is 1.06. The van der Waals surface area contributed by atoms with Crippen molar-refractivity contribution < 1.29 is 9.53 Å². The number of halogens is 1. The van der Waals surface area contributed by atoms with E-state index in [9.17, 15) is 4.79 Å². The number of benzene rings is 1. The van der Waals surface area contributed by atoms with E-state index < -0.39 is 0 Å². The number of nitrogens with zero attached hydrogens (tertiary/aromatic N) is 1. The molecule has 4 nitrogen and oxygen atoms in total. The van der Waals surface area contributed by atoms with Crippen molar-refractivity contribution in [3.63, 3.8) is 0 Å². The summed E-state index contributed by atoms with van der Waals surface area (Å²) in [6.45, 7) is 5.96. The van der Waals surface area contributed by atoms with Gasteiger partial charge in [-0.05, 0) is 38.0 Å². The van der Waals surface area contributed by atoms with Gasteiger partial charge >= 0.3 is 0 Å². The topological polar surface area (TPSA) is 41.6 Å². The third-order valence-corrected chi connectivity index (χ3v) is 3.70. The lowest BCUT2D eigenvalue weighted by Gasteiger charge is -2.24. The summed E-state index contributed by atoms with van der Waals surface area (Å²) in [6.07, 6.45) is 0.773. The molecule has 1 aliphatic heterocycles. The Morgan fingerprint density at radius 2 is 2.05 bits per heavy atom. The lowest BCUT2D eigenvalue weighted by molar-refractivity contribution is -0.130. The molecular formula is C15H21ClN2O2. The van der Waals surface area contributed by atoms with Gasteiger partial charge in [0.25, 0.3) is 0 Å². The van der Waals surface area contributed by atoms with Crippen LogP contribution < -0.4 is 5.32 Å². The first kappa shape index (κ1) is 15.3. The van der Waals surface area contributed by atoms with Crippen LogP contribution in [0, 0.1) is 0 Å². The third-order valence-electron chi connectivity index (χ3n) is 3.45. The van der Waals surface area contributed by atoms with Crippen LogP contribution in [-0.2, 0) is 9.53 Å². The Labute approximate surface area is 125 Å². The monoisotopic (exact) mass is 296 g/mol. The fraction of sp³-hybridized carbons (Fsp3) is 0.533. The molecule has 2 rings (SSSR count). The summed E-state index contributed by atoms with van der Waals surface area (Å²) >= 11 is 5.91. The summed E-state index contributed by atoms with van der Waals surface area (Å²) < 4.78 is 5.34. The van der Waals surface area contributed by atoms with E-state index in [2.05, 4.69) is 5.32 Å². The SMILES string of the molecule is CCOCCCN1C(=O)C(C)NC1c1ccc(Cl)cc1. The first-order valence-electron chi connectivity index (χ1n) is 7.03. The molecule has 0 spiro atoms. The van der Waals surface area contributed by atoms with Crippen molar-refractivity contribution >= 4 is 17.5 Å². The van der Waals surface area contributed by atoms with Crippen LogP contribution in [0.15, 0.2) is 24.3 Å². The van der Waals surface area contributed by atoms with Gasteiger partial charge in [0, 0.05) is 24.8 Å². The lowest BCUT2D eigenvalue weighted by atomic mass is 10.1. The highest BCUT2D eigenvalue weighted by Crippen LogP contribution is 2.26. The maximum atomic E-state index is 12.2. The van der Waals surface area contributed by atoms with Gasteiger partial charge in [-0.1, -0.05) is 23.7 Å². The standard InChI is InChI=1S/C15H21ClN2O2/c1-3-20-10-4-9-18-14(17-11(2)15(18)19)12-5-7-13(16)8-6-12/h5-8,11,14,17H,3-4,9-10H2,1-2H3. The third kappa shape index (κ3) is 3.51. The number of carbonyl (C=O) groups is 1. The van der Waals surface area contributed by atoms with Gasteiger partial charge in [0.05, 0.1) is 6.04 Å². The van der Waals surface area contributed by atoms with E-state index in [1.54, 1.807) is 0 Å². The molecule has 0 radical (unpaired) electrons. The van der Waals surface area contributed by atoms with E-state index in [1.165, 1.54) is 0 Å². The van der Waals surface area contributed by atoms with E-state index >= 15 is 0 Å². The van der Waals surface area contributed by atoms with Crippen molar-refractivity contribution in [1.29, 1.82) is 0 Å². The normalized spacial score (nSPS) is 22.6. The van der Waals surface area contributed by atoms with Crippen LogP contribution in [0.25, 0.3) is 0 Å². The minimum atomic E-state index is -0.150. The molecule has 1 saturated heterocycles. The fourth-order valence-electron chi connectivity index (χ4n) is 2.42. The van der Waals surface area contributed by atoms with Gasteiger partial charge in [0.1, 0.15) is 6.17 Å². The predicted molar refractivity (Wildman–Crippen MR) is 79.6 cm³/mol.